The summed E-state index contributed by atoms with van der Waals surface area (Å²) in [7, 11) is 0. The zero-order valence-electron chi connectivity index (χ0n) is 15.7. The number of aromatic nitrogens is 5. The van der Waals surface area contributed by atoms with Crippen LogP contribution < -0.4 is 11.2 Å². The smallest absolute Gasteiger partial charge is 0.314 e. The van der Waals surface area contributed by atoms with Gasteiger partial charge in [-0.15, -0.1) is 0 Å². The summed E-state index contributed by atoms with van der Waals surface area (Å²) in [6.07, 6.45) is 0. The summed E-state index contributed by atoms with van der Waals surface area (Å²) in [6, 6.07) is 11.3. The summed E-state index contributed by atoms with van der Waals surface area (Å²) >= 11 is 9.45. The maximum atomic E-state index is 12.7. The molecule has 0 saturated heterocycles. The fourth-order valence-electron chi connectivity index (χ4n) is 3.36. The first-order chi connectivity index (χ1) is 13.9. The minimum atomic E-state index is -0.476. The van der Waals surface area contributed by atoms with Crippen LogP contribution in [0.25, 0.3) is 22.6 Å². The zero-order chi connectivity index (χ0) is 20.7. The highest BCUT2D eigenvalue weighted by molar-refractivity contribution is 9.10. The topological polar surface area (TPSA) is 85.6 Å². The van der Waals surface area contributed by atoms with Crippen molar-refractivity contribution < 1.29 is 0 Å². The molecule has 0 unspecified atom stereocenters. The Morgan fingerprint density at radius 3 is 2.45 bits per heavy atom. The average Bonchev–Trinajstić information content (AvgIpc) is 3.03. The van der Waals surface area contributed by atoms with Crippen LogP contribution in [0.1, 0.15) is 18.2 Å². The Bertz CT molecular complexity index is 1340. The summed E-state index contributed by atoms with van der Waals surface area (Å²) in [5.74, 6) is 0.558. The lowest BCUT2D eigenvalue weighted by atomic mass is 10.2. The molecule has 1 aromatic carbocycles. The van der Waals surface area contributed by atoms with E-state index < -0.39 is 11.2 Å². The van der Waals surface area contributed by atoms with Gasteiger partial charge in [-0.25, -0.2) is 14.8 Å². The number of hydrogen-bond donors (Lipinski definition) is 1. The van der Waals surface area contributed by atoms with Gasteiger partial charge in [0, 0.05) is 28.8 Å². The van der Waals surface area contributed by atoms with Crippen molar-refractivity contribution in [2.24, 2.45) is 0 Å². The second-order valence-corrected chi connectivity index (χ2v) is 7.89. The van der Waals surface area contributed by atoms with Crippen molar-refractivity contribution in [3.8, 4) is 11.4 Å². The molecule has 9 heteroatoms. The summed E-state index contributed by atoms with van der Waals surface area (Å²) in [5.41, 5.74) is 2.17. The number of nitrogens with zero attached hydrogens (tertiary/aromatic N) is 4. The van der Waals surface area contributed by atoms with Gasteiger partial charge in [0.2, 0.25) is 0 Å². The van der Waals surface area contributed by atoms with Crippen LogP contribution in [0, 0.1) is 6.92 Å². The van der Waals surface area contributed by atoms with Crippen LogP contribution in [0.3, 0.4) is 0 Å². The van der Waals surface area contributed by atoms with E-state index in [0.717, 1.165) is 15.6 Å². The van der Waals surface area contributed by atoms with Crippen molar-refractivity contribution in [3.63, 3.8) is 0 Å². The van der Waals surface area contributed by atoms with Gasteiger partial charge in [-0.3, -0.25) is 14.3 Å². The van der Waals surface area contributed by atoms with E-state index in [1.807, 2.05) is 48.7 Å². The monoisotopic (exact) mass is 473 g/mol. The second-order valence-electron chi connectivity index (χ2n) is 6.59. The number of rotatable bonds is 4. The molecular weight excluding hydrogens is 458 g/mol. The lowest BCUT2D eigenvalue weighted by Crippen LogP contribution is -2.30. The fourth-order valence-corrected chi connectivity index (χ4v) is 3.82. The average molecular weight is 475 g/mol. The predicted molar refractivity (Wildman–Crippen MR) is 117 cm³/mol. The Kier molecular flexibility index (Phi) is 5.14. The van der Waals surface area contributed by atoms with Crippen LogP contribution in [-0.4, -0.2) is 24.1 Å². The van der Waals surface area contributed by atoms with E-state index in [2.05, 4.69) is 25.9 Å². The van der Waals surface area contributed by atoms with E-state index in [1.54, 1.807) is 6.07 Å². The molecule has 0 aliphatic rings. The Labute approximate surface area is 179 Å². The number of hydrogen-bond acceptors (Lipinski definition) is 4. The van der Waals surface area contributed by atoms with Crippen LogP contribution in [-0.2, 0) is 13.1 Å². The van der Waals surface area contributed by atoms with Crippen molar-refractivity contribution >= 4 is 38.7 Å². The van der Waals surface area contributed by atoms with Crippen LogP contribution in [0.4, 0.5) is 0 Å². The van der Waals surface area contributed by atoms with Crippen molar-refractivity contribution in [3.05, 3.63) is 78.1 Å². The van der Waals surface area contributed by atoms with Gasteiger partial charge in [0.1, 0.15) is 11.0 Å². The summed E-state index contributed by atoms with van der Waals surface area (Å²) in [5, 5.41) is 0.380. The van der Waals surface area contributed by atoms with Gasteiger partial charge in [-0.05, 0) is 43.7 Å². The molecule has 3 aromatic heterocycles. The number of aryl methyl sites for hydroxylation is 2. The highest BCUT2D eigenvalue weighted by atomic mass is 79.9. The van der Waals surface area contributed by atoms with Crippen molar-refractivity contribution in [2.75, 3.05) is 0 Å². The molecule has 4 rings (SSSR count). The number of nitrogens with one attached hydrogen (secondary N) is 1. The van der Waals surface area contributed by atoms with Gasteiger partial charge in [0.25, 0.3) is 5.56 Å². The first-order valence-electron chi connectivity index (χ1n) is 9.00. The maximum Gasteiger partial charge on any atom is 0.330 e. The van der Waals surface area contributed by atoms with Gasteiger partial charge in [-0.2, -0.15) is 0 Å². The lowest BCUT2D eigenvalue weighted by molar-refractivity contribution is 0.717. The summed E-state index contributed by atoms with van der Waals surface area (Å²) in [4.78, 5) is 36.4. The van der Waals surface area contributed by atoms with E-state index in [4.69, 9.17) is 16.6 Å². The summed E-state index contributed by atoms with van der Waals surface area (Å²) in [6.45, 7) is 4.47. The fraction of sp³-hybridized carbons (Fsp3) is 0.200. The molecule has 148 valence electrons. The van der Waals surface area contributed by atoms with E-state index in [9.17, 15) is 9.59 Å². The van der Waals surface area contributed by atoms with E-state index in [1.165, 1.54) is 4.57 Å². The van der Waals surface area contributed by atoms with Crippen molar-refractivity contribution in [2.45, 2.75) is 26.9 Å². The molecule has 0 aliphatic carbocycles. The normalized spacial score (nSPS) is 11.3. The molecule has 0 radical (unpaired) electrons. The highest BCUT2D eigenvalue weighted by Gasteiger charge is 2.21. The van der Waals surface area contributed by atoms with Gasteiger partial charge < -0.3 is 4.57 Å². The minimum Gasteiger partial charge on any atom is -0.314 e. The molecule has 0 amide bonds. The molecule has 3 heterocycles. The number of benzene rings is 1. The quantitative estimate of drug-likeness (QED) is 0.457. The number of fused-ring (bicyclic) bond motifs is 1. The predicted octanol–water partition coefficient (Wildman–Crippen LogP) is 3.74. The maximum absolute atomic E-state index is 12.7. The molecular formula is C20H17BrClN5O2. The van der Waals surface area contributed by atoms with Crippen LogP contribution in [0.15, 0.2) is 50.5 Å². The molecule has 4 aromatic rings. The third kappa shape index (κ3) is 3.54. The Hall–Kier alpha value is -2.71. The third-order valence-corrected chi connectivity index (χ3v) is 5.49. The van der Waals surface area contributed by atoms with E-state index in [-0.39, 0.29) is 0 Å². The number of halogens is 2. The van der Waals surface area contributed by atoms with Gasteiger partial charge >= 0.3 is 5.69 Å². The molecule has 0 fully saturated rings. The third-order valence-electron chi connectivity index (χ3n) is 4.75. The van der Waals surface area contributed by atoms with E-state index >= 15 is 0 Å². The van der Waals surface area contributed by atoms with Gasteiger partial charge in [-0.1, -0.05) is 39.7 Å². The molecule has 0 bridgehead atoms. The largest absolute Gasteiger partial charge is 0.330 e. The standard InChI is InChI=1S/C20H17BrClN5O2/c1-3-26-18-16(19(28)25-20(26)29)27(10-12-4-6-13(21)7-5-12)17(24-18)14-8-9-15(22)23-11(14)2/h4-9H,3,10H2,1-2H3,(H,25,28,29). The molecule has 0 saturated carbocycles. The lowest BCUT2D eigenvalue weighted by Gasteiger charge is -2.11. The first-order valence-corrected chi connectivity index (χ1v) is 10.2. The Morgan fingerprint density at radius 1 is 1.07 bits per heavy atom. The number of aromatic amines is 1. The van der Waals surface area contributed by atoms with Crippen molar-refractivity contribution in [1.82, 2.24) is 24.1 Å². The molecule has 0 spiro atoms. The Balaban J connectivity index is 2.05. The second kappa shape index (κ2) is 7.61. The number of H-pyrrole nitrogens is 1. The SMILES string of the molecule is CCn1c(=O)[nH]c(=O)c2c1nc(-c1ccc(Cl)nc1C)n2Cc1ccc(Br)cc1. The number of imidazole rings is 1. The zero-order valence-corrected chi connectivity index (χ0v) is 18.1. The number of pyridine rings is 1. The van der Waals surface area contributed by atoms with Crippen LogP contribution in [0.2, 0.25) is 5.15 Å². The molecule has 7 nitrogen and oxygen atoms in total. The van der Waals surface area contributed by atoms with Gasteiger partial charge in [0.15, 0.2) is 11.2 Å². The molecule has 29 heavy (non-hydrogen) atoms. The molecule has 0 atom stereocenters. The van der Waals surface area contributed by atoms with Crippen molar-refractivity contribution in [1.29, 1.82) is 0 Å². The van der Waals surface area contributed by atoms with Crippen LogP contribution in [0.5, 0.6) is 0 Å². The van der Waals surface area contributed by atoms with E-state index in [0.29, 0.717) is 40.9 Å². The van der Waals surface area contributed by atoms with Crippen LogP contribution >= 0.6 is 27.5 Å². The van der Waals surface area contributed by atoms with Gasteiger partial charge in [0.05, 0.1) is 0 Å². The summed E-state index contributed by atoms with van der Waals surface area (Å²) < 4.78 is 4.24. The molecule has 0 aliphatic heterocycles. The minimum absolute atomic E-state index is 0.346. The highest BCUT2D eigenvalue weighted by Crippen LogP contribution is 2.27. The Morgan fingerprint density at radius 2 is 1.79 bits per heavy atom. The first kappa shape index (κ1) is 19.6. The molecule has 1 N–H and O–H groups in total.